The molecule has 1 unspecified atom stereocenters. The van der Waals surface area contributed by atoms with Crippen LogP contribution >= 0.6 is 0 Å². The maximum Gasteiger partial charge on any atom is 0.245 e. The van der Waals surface area contributed by atoms with E-state index >= 15 is 0 Å². The lowest BCUT2D eigenvalue weighted by atomic mass is 9.83. The van der Waals surface area contributed by atoms with Gasteiger partial charge in [0.15, 0.2) is 0 Å². The Morgan fingerprint density at radius 2 is 1.55 bits per heavy atom. The van der Waals surface area contributed by atoms with Gasteiger partial charge < -0.3 is 42.3 Å². The van der Waals surface area contributed by atoms with Crippen LogP contribution in [0.3, 0.4) is 0 Å². The Balaban J connectivity index is 2.00. The van der Waals surface area contributed by atoms with Crippen molar-refractivity contribution in [1.29, 1.82) is 0 Å². The van der Waals surface area contributed by atoms with E-state index in [0.29, 0.717) is 39.0 Å². The second-order valence-corrected chi connectivity index (χ2v) is 15.8. The van der Waals surface area contributed by atoms with Gasteiger partial charge in [-0.15, -0.1) is 0 Å². The number of nitrogens with two attached hydrogens (primary N) is 1. The van der Waals surface area contributed by atoms with Gasteiger partial charge in [-0.3, -0.25) is 33.8 Å². The molecule has 0 aromatic heterocycles. The van der Waals surface area contributed by atoms with Crippen molar-refractivity contribution in [2.75, 3.05) is 66.0 Å². The summed E-state index contributed by atoms with van der Waals surface area (Å²) < 4.78 is 0. The van der Waals surface area contributed by atoms with Gasteiger partial charge in [-0.2, -0.15) is 0 Å². The van der Waals surface area contributed by atoms with Crippen molar-refractivity contribution in [3.63, 3.8) is 0 Å². The van der Waals surface area contributed by atoms with Crippen molar-refractivity contribution in [3.05, 3.63) is 0 Å². The van der Waals surface area contributed by atoms with Crippen LogP contribution in [0.2, 0.25) is 0 Å². The first kappa shape index (κ1) is 44.5. The summed E-state index contributed by atoms with van der Waals surface area (Å²) in [5.74, 6) is -2.28. The monoisotopic (exact) mass is 750 g/mol. The molecule has 15 nitrogen and oxygen atoms in total. The fourth-order valence-electron chi connectivity index (χ4n) is 7.73. The predicted molar refractivity (Wildman–Crippen MR) is 206 cm³/mol. The molecule has 1 saturated carbocycles. The molecule has 8 N–H and O–H groups in total. The Bertz CT molecular complexity index is 1160. The standard InChI is InChI=1S/C38H71N9O6/c1-6-7-8-12-20-47-23-19-41-36(51)33(31(48)25-46-21-17-40-18-22-46)44-34(49)29(24-39)42-37(52)32(28-13-10-9-11-14-28)43-35(50)30(16-15-26(2)3)45(5)38(53)27(47)4/h26-33,40,48H,6-25,39H2,1-5H3,(H,41,51)(H,42,52)(H,43,50)(H,44,49)/t27-,29-,30-,31?,32-,33-/m0/s1. The maximum absolute atomic E-state index is 14.3. The van der Waals surface area contributed by atoms with E-state index in [-0.39, 0.29) is 37.4 Å². The molecule has 2 heterocycles. The lowest BCUT2D eigenvalue weighted by molar-refractivity contribution is -0.144. The zero-order chi connectivity index (χ0) is 38.9. The molecule has 0 radical (unpaired) electrons. The second kappa shape index (κ2) is 23.2. The Labute approximate surface area is 317 Å². The molecule has 53 heavy (non-hydrogen) atoms. The highest BCUT2D eigenvalue weighted by Gasteiger charge is 2.39. The topological polar surface area (TPSA) is 201 Å². The van der Waals surface area contributed by atoms with Crippen molar-refractivity contribution in [2.24, 2.45) is 17.6 Å². The van der Waals surface area contributed by atoms with Gasteiger partial charge in [0.2, 0.25) is 29.5 Å². The minimum atomic E-state index is -1.32. The van der Waals surface area contributed by atoms with Gasteiger partial charge in [0.25, 0.3) is 0 Å². The van der Waals surface area contributed by atoms with Gasteiger partial charge in [0, 0.05) is 59.4 Å². The van der Waals surface area contributed by atoms with Crippen molar-refractivity contribution in [1.82, 2.24) is 41.3 Å². The van der Waals surface area contributed by atoms with Crippen LogP contribution in [-0.2, 0) is 24.0 Å². The van der Waals surface area contributed by atoms with E-state index in [2.05, 4.69) is 47.4 Å². The largest absolute Gasteiger partial charge is 0.389 e. The van der Waals surface area contributed by atoms with Crippen molar-refractivity contribution < 1.29 is 29.1 Å². The summed E-state index contributed by atoms with van der Waals surface area (Å²) in [6.45, 7) is 12.0. The van der Waals surface area contributed by atoms with Crippen LogP contribution < -0.4 is 32.3 Å². The zero-order valence-corrected chi connectivity index (χ0v) is 33.2. The number of nitrogens with one attached hydrogen (secondary N) is 5. The Morgan fingerprint density at radius 3 is 2.19 bits per heavy atom. The van der Waals surface area contributed by atoms with E-state index in [1.807, 2.05) is 16.7 Å². The van der Waals surface area contributed by atoms with Crippen LogP contribution in [0.4, 0.5) is 0 Å². The summed E-state index contributed by atoms with van der Waals surface area (Å²) in [6, 6.07) is -4.88. The third-order valence-corrected chi connectivity index (χ3v) is 11.2. The minimum absolute atomic E-state index is 0.162. The van der Waals surface area contributed by atoms with Crippen molar-refractivity contribution in [3.8, 4) is 0 Å². The van der Waals surface area contributed by atoms with Crippen LogP contribution in [-0.4, -0.2) is 152 Å². The fourth-order valence-corrected chi connectivity index (χ4v) is 7.73. The molecule has 0 spiro atoms. The summed E-state index contributed by atoms with van der Waals surface area (Å²) in [7, 11) is 1.66. The summed E-state index contributed by atoms with van der Waals surface area (Å²) >= 11 is 0. The first-order valence-electron chi connectivity index (χ1n) is 20.4. The third kappa shape index (κ3) is 14.1. The van der Waals surface area contributed by atoms with E-state index in [1.165, 1.54) is 4.90 Å². The number of carbonyl (C=O) groups is 5. The summed E-state index contributed by atoms with van der Waals surface area (Å²) in [4.78, 5) is 75.7. The number of hydrogen-bond acceptors (Lipinski definition) is 10. The average Bonchev–Trinajstić information content (AvgIpc) is 3.15. The van der Waals surface area contributed by atoms with Crippen LogP contribution in [0.5, 0.6) is 0 Å². The number of amides is 5. The van der Waals surface area contributed by atoms with Gasteiger partial charge in [-0.25, -0.2) is 0 Å². The Morgan fingerprint density at radius 1 is 0.849 bits per heavy atom. The molecule has 2 aliphatic heterocycles. The summed E-state index contributed by atoms with van der Waals surface area (Å²) in [6.07, 6.45) is 8.19. The van der Waals surface area contributed by atoms with Crippen molar-refractivity contribution >= 4 is 29.5 Å². The van der Waals surface area contributed by atoms with Gasteiger partial charge in [-0.1, -0.05) is 59.3 Å². The molecule has 2 saturated heterocycles. The van der Waals surface area contributed by atoms with E-state index < -0.39 is 59.9 Å². The van der Waals surface area contributed by atoms with Crippen LogP contribution in [0.1, 0.15) is 98.3 Å². The molecule has 1 aliphatic carbocycles. The smallest absolute Gasteiger partial charge is 0.245 e. The summed E-state index contributed by atoms with van der Waals surface area (Å²) in [5, 5.41) is 26.1. The number of unbranched alkanes of at least 4 members (excludes halogenated alkanes) is 3. The maximum atomic E-state index is 14.3. The van der Waals surface area contributed by atoms with Gasteiger partial charge in [0.05, 0.1) is 12.1 Å². The molecule has 5 amide bonds. The number of β-amino-alcohol motifs (C(OH)–C–C–N with tert-alkyl or cyclic N) is 1. The first-order valence-corrected chi connectivity index (χ1v) is 20.4. The highest BCUT2D eigenvalue weighted by molar-refractivity contribution is 5.96. The molecule has 0 bridgehead atoms. The van der Waals surface area contributed by atoms with Gasteiger partial charge >= 0.3 is 0 Å². The van der Waals surface area contributed by atoms with Crippen LogP contribution in [0.15, 0.2) is 0 Å². The first-order chi connectivity index (χ1) is 25.4. The van der Waals surface area contributed by atoms with E-state index in [1.54, 1.807) is 7.05 Å². The number of hydrogen-bond donors (Lipinski definition) is 7. The van der Waals surface area contributed by atoms with E-state index in [9.17, 15) is 29.1 Å². The molecular formula is C38H71N9O6. The van der Waals surface area contributed by atoms with E-state index in [0.717, 1.165) is 70.9 Å². The molecule has 0 aromatic carbocycles. The minimum Gasteiger partial charge on any atom is -0.389 e. The van der Waals surface area contributed by atoms with Crippen LogP contribution in [0.25, 0.3) is 0 Å². The number of aliphatic hydroxyl groups excluding tert-OH is 1. The lowest BCUT2D eigenvalue weighted by Gasteiger charge is -2.37. The Kier molecular flexibility index (Phi) is 19.5. The van der Waals surface area contributed by atoms with Crippen LogP contribution in [0, 0.1) is 11.8 Å². The zero-order valence-electron chi connectivity index (χ0n) is 33.2. The summed E-state index contributed by atoms with van der Waals surface area (Å²) in [5.41, 5.74) is 6.05. The van der Waals surface area contributed by atoms with Crippen molar-refractivity contribution in [2.45, 2.75) is 135 Å². The SMILES string of the molecule is CCCCCCN1CCNC(=O)[C@H](C(O)CN2CCNCC2)NC(=O)[C@H](CN)NC(=O)[C@H](C2CCCCC2)NC(=O)[C@H](CCC(C)C)N(C)C(=O)[C@@H]1C. The number of piperazine rings is 1. The number of likely N-dealkylation sites (N-methyl/N-ethyl adjacent to an activating group) is 1. The molecule has 3 fully saturated rings. The van der Waals surface area contributed by atoms with E-state index in [4.69, 9.17) is 5.73 Å². The predicted octanol–water partition coefficient (Wildman–Crippen LogP) is -0.0903. The lowest BCUT2D eigenvalue weighted by Crippen LogP contribution is -2.64. The quantitative estimate of drug-likeness (QED) is 0.125. The number of rotatable bonds is 13. The molecule has 15 heteroatoms. The average molecular weight is 750 g/mol. The number of aliphatic hydroxyl groups is 1. The highest BCUT2D eigenvalue weighted by atomic mass is 16.3. The van der Waals surface area contributed by atoms with Gasteiger partial charge in [-0.05, 0) is 57.4 Å². The molecule has 3 rings (SSSR count). The molecule has 6 atom stereocenters. The second-order valence-electron chi connectivity index (χ2n) is 15.8. The highest BCUT2D eigenvalue weighted by Crippen LogP contribution is 2.27. The Hall–Kier alpha value is -2.85. The molecule has 304 valence electrons. The normalized spacial score (nSPS) is 28.1. The number of nitrogens with zero attached hydrogens (tertiary/aromatic N) is 3. The molecular weight excluding hydrogens is 678 g/mol. The molecule has 3 aliphatic rings. The number of carbonyl (C=O) groups excluding carboxylic acids is 5. The van der Waals surface area contributed by atoms with Gasteiger partial charge in [0.1, 0.15) is 24.2 Å². The third-order valence-electron chi connectivity index (χ3n) is 11.2. The fraction of sp³-hybridized carbons (Fsp3) is 0.868. The molecule has 0 aromatic rings.